The maximum atomic E-state index is 10.9. The highest BCUT2D eigenvalue weighted by molar-refractivity contribution is 5.64. The number of rotatable bonds is 7. The zero-order valence-electron chi connectivity index (χ0n) is 16.5. The minimum atomic E-state index is -0.0125. The van der Waals surface area contributed by atoms with E-state index in [0.29, 0.717) is 5.75 Å². The van der Waals surface area contributed by atoms with Crippen molar-refractivity contribution >= 4 is 6.08 Å². The summed E-state index contributed by atoms with van der Waals surface area (Å²) in [7, 11) is 0. The number of allylic oxidation sites excluding steroid dienone is 1. The Bertz CT molecular complexity index is 558. The molecule has 0 spiro atoms. The number of phenolic OH excluding ortho intramolecular Hbond substituents is 1. The molecular formula is C22H36O. The van der Waals surface area contributed by atoms with Gasteiger partial charge in [0.05, 0.1) is 0 Å². The van der Waals surface area contributed by atoms with Gasteiger partial charge in [-0.3, -0.25) is 0 Å². The Morgan fingerprint density at radius 2 is 1.48 bits per heavy atom. The van der Waals surface area contributed by atoms with E-state index >= 15 is 0 Å². The molecule has 0 unspecified atom stereocenters. The van der Waals surface area contributed by atoms with E-state index in [1.54, 1.807) is 0 Å². The highest BCUT2D eigenvalue weighted by Gasteiger charge is 2.28. The van der Waals surface area contributed by atoms with Gasteiger partial charge in [-0.2, -0.15) is 0 Å². The second-order valence-corrected chi connectivity index (χ2v) is 8.45. The molecule has 1 nitrogen and oxygen atoms in total. The molecule has 1 rings (SSSR count). The van der Waals surface area contributed by atoms with Crippen molar-refractivity contribution in [2.45, 2.75) is 91.9 Å². The molecule has 0 amide bonds. The quantitative estimate of drug-likeness (QED) is 0.575. The first-order valence-electron chi connectivity index (χ1n) is 9.08. The van der Waals surface area contributed by atoms with Gasteiger partial charge in [-0.15, -0.1) is 0 Å². The lowest BCUT2D eigenvalue weighted by atomic mass is 9.74. The Labute approximate surface area is 143 Å². The molecule has 23 heavy (non-hydrogen) atoms. The van der Waals surface area contributed by atoms with Crippen LogP contribution in [0.25, 0.3) is 6.08 Å². The van der Waals surface area contributed by atoms with Crippen molar-refractivity contribution < 1.29 is 5.11 Å². The van der Waals surface area contributed by atoms with E-state index in [9.17, 15) is 5.11 Å². The molecule has 0 radical (unpaired) electrons. The third-order valence-corrected chi connectivity index (χ3v) is 4.84. The number of hydrogen-bond donors (Lipinski definition) is 1. The van der Waals surface area contributed by atoms with E-state index in [1.807, 2.05) is 0 Å². The summed E-state index contributed by atoms with van der Waals surface area (Å²) in [5.41, 5.74) is 4.72. The van der Waals surface area contributed by atoms with Crippen LogP contribution in [0, 0.1) is 0 Å². The lowest BCUT2D eigenvalue weighted by molar-refractivity contribution is 0.412. The Morgan fingerprint density at radius 3 is 1.96 bits per heavy atom. The summed E-state index contributed by atoms with van der Waals surface area (Å²) in [6.07, 6.45) is 6.62. The summed E-state index contributed by atoms with van der Waals surface area (Å²) in [5, 5.41) is 10.9. The fourth-order valence-corrected chi connectivity index (χ4v) is 3.51. The van der Waals surface area contributed by atoms with Gasteiger partial charge >= 0.3 is 0 Å². The third-order valence-electron chi connectivity index (χ3n) is 4.84. The van der Waals surface area contributed by atoms with E-state index in [1.165, 1.54) is 17.6 Å². The lowest BCUT2D eigenvalue weighted by Crippen LogP contribution is -2.21. The van der Waals surface area contributed by atoms with E-state index in [4.69, 9.17) is 0 Å². The maximum absolute atomic E-state index is 10.9. The maximum Gasteiger partial charge on any atom is 0.126 e. The molecule has 0 aromatic heterocycles. The summed E-state index contributed by atoms with van der Waals surface area (Å²) in [5.74, 6) is 0.459. The van der Waals surface area contributed by atoms with Gasteiger partial charge in [-0.1, -0.05) is 72.1 Å². The molecule has 1 heteroatoms. The smallest absolute Gasteiger partial charge is 0.126 e. The van der Waals surface area contributed by atoms with Crippen LogP contribution in [-0.2, 0) is 10.8 Å². The average Bonchev–Trinajstić information content (AvgIpc) is 2.39. The van der Waals surface area contributed by atoms with Crippen LogP contribution in [0.5, 0.6) is 5.75 Å². The van der Waals surface area contributed by atoms with Gasteiger partial charge in [0.15, 0.2) is 0 Å². The highest BCUT2D eigenvalue weighted by atomic mass is 16.3. The molecule has 0 bridgehead atoms. The average molecular weight is 317 g/mol. The SMILES string of the molecule is CCCC(C)(C)c1cc(C=C(C)C)c(O)c(C(C)(C)CCC)c1. The minimum absolute atomic E-state index is 0.0125. The normalized spacial score (nSPS) is 12.3. The Balaban J connectivity index is 3.60. The van der Waals surface area contributed by atoms with Crippen LogP contribution in [-0.4, -0.2) is 5.11 Å². The van der Waals surface area contributed by atoms with Crippen LogP contribution in [0.1, 0.15) is 97.8 Å². The molecule has 130 valence electrons. The van der Waals surface area contributed by atoms with Crippen molar-refractivity contribution in [3.63, 3.8) is 0 Å². The van der Waals surface area contributed by atoms with Crippen LogP contribution in [0.4, 0.5) is 0 Å². The van der Waals surface area contributed by atoms with Crippen LogP contribution in [0.15, 0.2) is 17.7 Å². The molecule has 0 saturated carbocycles. The first kappa shape index (κ1) is 19.8. The van der Waals surface area contributed by atoms with Crippen molar-refractivity contribution in [2.24, 2.45) is 0 Å². The first-order valence-corrected chi connectivity index (χ1v) is 9.08. The van der Waals surface area contributed by atoms with Gasteiger partial charge < -0.3 is 5.11 Å². The largest absolute Gasteiger partial charge is 0.507 e. The molecule has 1 aromatic rings. The van der Waals surface area contributed by atoms with Crippen molar-refractivity contribution in [1.82, 2.24) is 0 Å². The Morgan fingerprint density at radius 1 is 0.957 bits per heavy atom. The molecular weight excluding hydrogens is 280 g/mol. The van der Waals surface area contributed by atoms with Crippen molar-refractivity contribution in [2.75, 3.05) is 0 Å². The van der Waals surface area contributed by atoms with Crippen LogP contribution < -0.4 is 0 Å². The monoisotopic (exact) mass is 316 g/mol. The molecule has 0 atom stereocenters. The molecule has 0 fully saturated rings. The molecule has 1 N–H and O–H groups in total. The molecule has 0 aliphatic carbocycles. The molecule has 0 saturated heterocycles. The Kier molecular flexibility index (Phi) is 6.50. The van der Waals surface area contributed by atoms with Gasteiger partial charge in [0.25, 0.3) is 0 Å². The van der Waals surface area contributed by atoms with Gasteiger partial charge in [-0.05, 0) is 49.1 Å². The molecule has 0 aliphatic heterocycles. The van der Waals surface area contributed by atoms with Gasteiger partial charge in [-0.25, -0.2) is 0 Å². The third kappa shape index (κ3) is 4.86. The zero-order valence-corrected chi connectivity index (χ0v) is 16.5. The second kappa shape index (κ2) is 7.55. The fourth-order valence-electron chi connectivity index (χ4n) is 3.51. The number of aromatic hydroxyl groups is 1. The van der Waals surface area contributed by atoms with Crippen molar-refractivity contribution in [3.05, 3.63) is 34.4 Å². The molecule has 0 aliphatic rings. The summed E-state index contributed by atoms with van der Waals surface area (Å²) < 4.78 is 0. The van der Waals surface area contributed by atoms with E-state index in [2.05, 4.69) is 73.6 Å². The minimum Gasteiger partial charge on any atom is -0.507 e. The van der Waals surface area contributed by atoms with Crippen LogP contribution in [0.3, 0.4) is 0 Å². The Hall–Kier alpha value is -1.24. The second-order valence-electron chi connectivity index (χ2n) is 8.45. The topological polar surface area (TPSA) is 20.2 Å². The number of hydrogen-bond acceptors (Lipinski definition) is 1. The summed E-state index contributed by atoms with van der Waals surface area (Å²) in [6, 6.07) is 4.44. The number of phenols is 1. The fraction of sp³-hybridized carbons (Fsp3) is 0.636. The zero-order chi connectivity index (χ0) is 17.8. The molecule has 1 aromatic carbocycles. The summed E-state index contributed by atoms with van der Waals surface area (Å²) in [4.78, 5) is 0. The first-order chi connectivity index (χ1) is 10.5. The molecule has 0 heterocycles. The predicted octanol–water partition coefficient (Wildman–Crippen LogP) is 6.97. The van der Waals surface area contributed by atoms with Crippen LogP contribution >= 0.6 is 0 Å². The number of benzene rings is 1. The summed E-state index contributed by atoms with van der Waals surface area (Å²) >= 11 is 0. The van der Waals surface area contributed by atoms with Gasteiger partial charge in [0, 0.05) is 11.1 Å². The van der Waals surface area contributed by atoms with Crippen molar-refractivity contribution in [1.29, 1.82) is 0 Å². The predicted molar refractivity (Wildman–Crippen MR) is 103 cm³/mol. The van der Waals surface area contributed by atoms with E-state index in [-0.39, 0.29) is 10.8 Å². The van der Waals surface area contributed by atoms with Gasteiger partial charge in [0.1, 0.15) is 5.75 Å². The van der Waals surface area contributed by atoms with E-state index < -0.39 is 0 Å². The lowest BCUT2D eigenvalue weighted by Gasteiger charge is -2.31. The summed E-state index contributed by atoms with van der Waals surface area (Å²) in [6.45, 7) is 17.7. The van der Waals surface area contributed by atoms with Crippen molar-refractivity contribution in [3.8, 4) is 5.75 Å². The standard InChI is InChI=1S/C22H36O/c1-9-11-21(5,6)18-14-17(13-16(3)4)20(23)19(15-18)22(7,8)12-10-2/h13-15,23H,9-12H2,1-8H3. The van der Waals surface area contributed by atoms with Crippen LogP contribution in [0.2, 0.25) is 0 Å². The van der Waals surface area contributed by atoms with E-state index in [0.717, 1.165) is 30.4 Å². The highest BCUT2D eigenvalue weighted by Crippen LogP contribution is 2.41. The van der Waals surface area contributed by atoms with Gasteiger partial charge in [0.2, 0.25) is 0 Å².